The van der Waals surface area contributed by atoms with E-state index >= 15 is 0 Å². The van der Waals surface area contributed by atoms with Crippen LogP contribution in [0.4, 0.5) is 0 Å². The molecule has 4 nitrogen and oxygen atoms in total. The summed E-state index contributed by atoms with van der Waals surface area (Å²) in [6.07, 6.45) is 9.11. The van der Waals surface area contributed by atoms with Gasteiger partial charge < -0.3 is 5.32 Å². The van der Waals surface area contributed by atoms with E-state index in [0.29, 0.717) is 12.2 Å². The molecule has 0 aromatic rings. The van der Waals surface area contributed by atoms with E-state index in [-0.39, 0.29) is 0 Å². The minimum absolute atomic E-state index is 0.475. The quantitative estimate of drug-likeness (QED) is 0.543. The molecule has 0 spiro atoms. The van der Waals surface area contributed by atoms with Gasteiger partial charge in [0, 0.05) is 31.3 Å². The summed E-state index contributed by atoms with van der Waals surface area (Å²) in [4.78, 5) is 0. The normalized spacial score (nSPS) is 52.0. The maximum Gasteiger partial charge on any atom is 0.0747 e. The van der Waals surface area contributed by atoms with Crippen LogP contribution >= 0.6 is 0 Å². The predicted octanol–water partition coefficient (Wildman–Crippen LogP) is 0.362. The lowest BCUT2D eigenvalue weighted by Gasteiger charge is -2.53. The Morgan fingerprint density at radius 1 is 0.778 bits per heavy atom. The third-order valence-electron chi connectivity index (χ3n) is 5.70. The maximum absolute atomic E-state index is 3.91. The smallest absolute Gasteiger partial charge is 0.0747 e. The van der Waals surface area contributed by atoms with Crippen LogP contribution in [0.2, 0.25) is 0 Å². The first-order chi connectivity index (χ1) is 8.92. The fourth-order valence-corrected chi connectivity index (χ4v) is 4.92. The van der Waals surface area contributed by atoms with Gasteiger partial charge in [-0.2, -0.15) is 0 Å². The Labute approximate surface area is 110 Å². The van der Waals surface area contributed by atoms with Crippen molar-refractivity contribution in [1.82, 2.24) is 21.3 Å². The van der Waals surface area contributed by atoms with E-state index in [1.807, 2.05) is 0 Å². The molecule has 4 rings (SSSR count). The van der Waals surface area contributed by atoms with E-state index in [1.165, 1.54) is 38.5 Å². The van der Waals surface area contributed by atoms with Gasteiger partial charge in [0.25, 0.3) is 0 Å². The Kier molecular flexibility index (Phi) is 3.07. The van der Waals surface area contributed by atoms with E-state index < -0.39 is 0 Å². The molecule has 102 valence electrons. The van der Waals surface area contributed by atoms with Gasteiger partial charge in [0.2, 0.25) is 0 Å². The first-order valence-corrected chi connectivity index (χ1v) is 7.88. The highest BCUT2D eigenvalue weighted by Crippen LogP contribution is 2.42. The van der Waals surface area contributed by atoms with Gasteiger partial charge in [0.1, 0.15) is 0 Å². The second-order valence-corrected chi connectivity index (χ2v) is 6.66. The molecule has 0 radical (unpaired) electrons. The number of hydrogen-bond donors (Lipinski definition) is 4. The van der Waals surface area contributed by atoms with Gasteiger partial charge in [0.05, 0.1) is 6.17 Å². The molecule has 2 aliphatic heterocycles. The molecule has 2 saturated carbocycles. The zero-order valence-electron chi connectivity index (χ0n) is 11.1. The van der Waals surface area contributed by atoms with E-state index in [9.17, 15) is 0 Å². The summed E-state index contributed by atoms with van der Waals surface area (Å²) in [6.45, 7) is 2.06. The van der Waals surface area contributed by atoms with Crippen LogP contribution in [0.15, 0.2) is 0 Å². The average molecular weight is 250 g/mol. The molecule has 18 heavy (non-hydrogen) atoms. The Morgan fingerprint density at radius 2 is 1.50 bits per heavy atom. The third kappa shape index (κ3) is 1.90. The Hall–Kier alpha value is -0.160. The molecule has 3 atom stereocenters. The molecule has 4 aliphatic rings. The van der Waals surface area contributed by atoms with Crippen LogP contribution in [-0.4, -0.2) is 37.5 Å². The van der Waals surface area contributed by atoms with Crippen LogP contribution in [0.1, 0.15) is 38.5 Å². The van der Waals surface area contributed by atoms with Gasteiger partial charge in [-0.1, -0.05) is 25.7 Å². The summed E-state index contributed by atoms with van der Waals surface area (Å²) in [6, 6.07) is 2.12. The van der Waals surface area contributed by atoms with Crippen molar-refractivity contribution in [1.29, 1.82) is 0 Å². The van der Waals surface area contributed by atoms with Crippen molar-refractivity contribution in [3.05, 3.63) is 0 Å². The molecule has 2 saturated heterocycles. The summed E-state index contributed by atoms with van der Waals surface area (Å²) in [5, 5.41) is 14.8. The molecule has 4 N–H and O–H groups in total. The van der Waals surface area contributed by atoms with Gasteiger partial charge >= 0.3 is 0 Å². The molecule has 0 aromatic heterocycles. The number of hydrogen-bond acceptors (Lipinski definition) is 4. The highest BCUT2D eigenvalue weighted by atomic mass is 15.3. The van der Waals surface area contributed by atoms with Crippen molar-refractivity contribution >= 4 is 0 Å². The van der Waals surface area contributed by atoms with Crippen LogP contribution in [-0.2, 0) is 0 Å². The molecule has 2 heterocycles. The van der Waals surface area contributed by atoms with Crippen molar-refractivity contribution in [2.75, 3.05) is 13.2 Å². The van der Waals surface area contributed by atoms with Crippen molar-refractivity contribution in [2.24, 2.45) is 11.8 Å². The van der Waals surface area contributed by atoms with Crippen LogP contribution in [0.25, 0.3) is 0 Å². The summed E-state index contributed by atoms with van der Waals surface area (Å²) < 4.78 is 0. The largest absolute Gasteiger partial charge is 0.303 e. The minimum Gasteiger partial charge on any atom is -0.303 e. The summed E-state index contributed by atoms with van der Waals surface area (Å²) >= 11 is 0. The first kappa shape index (κ1) is 11.6. The van der Waals surface area contributed by atoms with Gasteiger partial charge in [-0.3, -0.25) is 16.0 Å². The Balaban J connectivity index is 1.51. The fraction of sp³-hybridized carbons (Fsp3) is 1.00. The SMILES string of the molecule is C1CC2CCCC3NC(C4CNCN4)NC(C1)C23. The summed E-state index contributed by atoms with van der Waals surface area (Å²) in [7, 11) is 0. The lowest BCUT2D eigenvalue weighted by atomic mass is 9.65. The summed E-state index contributed by atoms with van der Waals surface area (Å²) in [5.74, 6) is 1.91. The molecule has 0 amide bonds. The van der Waals surface area contributed by atoms with Crippen molar-refractivity contribution < 1.29 is 0 Å². The van der Waals surface area contributed by atoms with Gasteiger partial charge in [0.15, 0.2) is 0 Å². The van der Waals surface area contributed by atoms with E-state index in [0.717, 1.165) is 37.1 Å². The second kappa shape index (κ2) is 4.75. The lowest BCUT2D eigenvalue weighted by Crippen LogP contribution is -2.71. The van der Waals surface area contributed by atoms with Crippen molar-refractivity contribution in [3.63, 3.8) is 0 Å². The number of rotatable bonds is 1. The lowest BCUT2D eigenvalue weighted by molar-refractivity contribution is 0.0307. The molecule has 3 unspecified atom stereocenters. The minimum atomic E-state index is 0.475. The topological polar surface area (TPSA) is 48.1 Å². The molecular weight excluding hydrogens is 224 g/mol. The van der Waals surface area contributed by atoms with Gasteiger partial charge in [-0.05, 0) is 24.7 Å². The zero-order chi connectivity index (χ0) is 11.9. The Morgan fingerprint density at radius 3 is 2.11 bits per heavy atom. The number of nitrogens with one attached hydrogen (secondary N) is 4. The highest BCUT2D eigenvalue weighted by molar-refractivity contribution is 5.04. The van der Waals surface area contributed by atoms with Crippen LogP contribution in [0.3, 0.4) is 0 Å². The molecule has 4 fully saturated rings. The zero-order valence-corrected chi connectivity index (χ0v) is 11.1. The molecule has 4 heteroatoms. The van der Waals surface area contributed by atoms with E-state index in [1.54, 1.807) is 0 Å². The fourth-order valence-electron chi connectivity index (χ4n) is 4.92. The monoisotopic (exact) mass is 250 g/mol. The van der Waals surface area contributed by atoms with E-state index in [4.69, 9.17) is 0 Å². The molecule has 2 aliphatic carbocycles. The van der Waals surface area contributed by atoms with Crippen molar-refractivity contribution in [3.8, 4) is 0 Å². The maximum atomic E-state index is 3.91. The van der Waals surface area contributed by atoms with Crippen LogP contribution in [0, 0.1) is 11.8 Å². The van der Waals surface area contributed by atoms with E-state index in [2.05, 4.69) is 21.3 Å². The molecule has 0 aromatic carbocycles. The highest BCUT2D eigenvalue weighted by Gasteiger charge is 2.46. The van der Waals surface area contributed by atoms with Gasteiger partial charge in [-0.25, -0.2) is 0 Å². The average Bonchev–Trinajstić information content (AvgIpc) is 2.93. The second-order valence-electron chi connectivity index (χ2n) is 6.66. The van der Waals surface area contributed by atoms with Crippen LogP contribution < -0.4 is 21.3 Å². The predicted molar refractivity (Wildman–Crippen MR) is 72.1 cm³/mol. The third-order valence-corrected chi connectivity index (χ3v) is 5.70. The molecular formula is C14H26N4. The molecule has 0 bridgehead atoms. The van der Waals surface area contributed by atoms with Gasteiger partial charge in [-0.15, -0.1) is 0 Å². The Bertz CT molecular complexity index is 282. The van der Waals surface area contributed by atoms with Crippen molar-refractivity contribution in [2.45, 2.75) is 62.8 Å². The summed E-state index contributed by atoms with van der Waals surface area (Å²) in [5.41, 5.74) is 0. The standard InChI is InChI=1S/C14H26N4/c1-3-9-4-2-6-11-13(9)10(5-1)17-14(18-11)12-7-15-8-16-12/h9-18H,1-8H2. The van der Waals surface area contributed by atoms with Crippen LogP contribution in [0.5, 0.6) is 0 Å². The first-order valence-electron chi connectivity index (χ1n) is 7.88.